The topological polar surface area (TPSA) is 58.6 Å². The highest BCUT2D eigenvalue weighted by Crippen LogP contribution is 2.35. The maximum absolute atomic E-state index is 12.8. The molecule has 1 N–H and O–H groups in total. The van der Waals surface area contributed by atoms with E-state index in [0.29, 0.717) is 16.3 Å². The van der Waals surface area contributed by atoms with Crippen molar-refractivity contribution in [2.24, 2.45) is 0 Å². The lowest BCUT2D eigenvalue weighted by Crippen LogP contribution is -2.30. The Labute approximate surface area is 206 Å². The van der Waals surface area contributed by atoms with Gasteiger partial charge in [0, 0.05) is 5.02 Å². The average Bonchev–Trinajstić information content (AvgIpc) is 3.02. The quantitative estimate of drug-likeness (QED) is 0.305. The molecule has 33 heavy (non-hydrogen) atoms. The van der Waals surface area contributed by atoms with Crippen LogP contribution in [0.25, 0.3) is 6.08 Å². The molecule has 1 aliphatic heterocycles. The summed E-state index contributed by atoms with van der Waals surface area (Å²) in [6.45, 7) is 2.40. The van der Waals surface area contributed by atoms with E-state index in [-0.39, 0.29) is 28.9 Å². The number of rotatable bonds is 6. The highest BCUT2D eigenvalue weighted by Gasteiger charge is 2.33. The zero-order valence-corrected chi connectivity index (χ0v) is 19.8. The van der Waals surface area contributed by atoms with Crippen molar-refractivity contribution in [3.05, 3.63) is 104 Å². The van der Waals surface area contributed by atoms with Crippen LogP contribution in [-0.4, -0.2) is 16.8 Å². The summed E-state index contributed by atoms with van der Waals surface area (Å²) in [7, 11) is 0. The van der Waals surface area contributed by atoms with Crippen LogP contribution in [0.5, 0.6) is 5.75 Å². The van der Waals surface area contributed by atoms with Gasteiger partial charge in [0.25, 0.3) is 5.91 Å². The zero-order chi connectivity index (χ0) is 23.5. The molecule has 0 spiro atoms. The highest BCUT2D eigenvalue weighted by molar-refractivity contribution is 6.37. The number of nitrogens with zero attached hydrogens (tertiary/aromatic N) is 1. The summed E-state index contributed by atoms with van der Waals surface area (Å²) in [5.74, 6) is -0.0879. The summed E-state index contributed by atoms with van der Waals surface area (Å²) in [5, 5.41) is 3.83. The molecule has 3 amide bonds. The van der Waals surface area contributed by atoms with Gasteiger partial charge in [-0.05, 0) is 54.0 Å². The van der Waals surface area contributed by atoms with Crippen molar-refractivity contribution in [3.8, 4) is 5.75 Å². The average molecular weight is 502 g/mol. The summed E-state index contributed by atoms with van der Waals surface area (Å²) in [5.41, 5.74) is 3.54. The number of hydrogen-bond donors (Lipinski definition) is 1. The number of nitrogens with one attached hydrogen (secondary N) is 1. The first-order valence-electron chi connectivity index (χ1n) is 10.1. The van der Waals surface area contributed by atoms with E-state index in [2.05, 4.69) is 5.32 Å². The van der Waals surface area contributed by atoms with Gasteiger partial charge in [-0.25, -0.2) is 4.79 Å². The molecule has 168 valence electrons. The number of carbonyl (C=O) groups is 2. The Bertz CT molecular complexity index is 1230. The van der Waals surface area contributed by atoms with Crippen LogP contribution >= 0.6 is 34.8 Å². The second-order valence-corrected chi connectivity index (χ2v) is 8.85. The molecule has 1 fully saturated rings. The molecule has 3 aromatic carbocycles. The molecular formula is C25H19Cl3N2O3. The van der Waals surface area contributed by atoms with Crippen LogP contribution in [0.2, 0.25) is 15.1 Å². The van der Waals surface area contributed by atoms with Gasteiger partial charge in [0.2, 0.25) is 0 Å². The van der Waals surface area contributed by atoms with Gasteiger partial charge in [0.15, 0.2) is 5.75 Å². The fourth-order valence-electron chi connectivity index (χ4n) is 3.41. The van der Waals surface area contributed by atoms with E-state index in [4.69, 9.17) is 39.5 Å². The van der Waals surface area contributed by atoms with Crippen LogP contribution in [0.3, 0.4) is 0 Å². The highest BCUT2D eigenvalue weighted by atomic mass is 35.5. The van der Waals surface area contributed by atoms with E-state index in [1.165, 1.54) is 6.08 Å². The minimum absolute atomic E-state index is 0.148. The standard InChI is InChI=1S/C25H19Cl3N2O3/c1-15-3-2-4-17(9-15)13-30-24(31)22(29-25(30)32)12-18-10-20(27)23(21(28)11-18)33-14-16-5-7-19(26)8-6-16/h2-12H,13-14H2,1H3,(H,29,32)/b22-12+. The molecule has 0 aromatic heterocycles. The Morgan fingerprint density at radius 2 is 1.64 bits per heavy atom. The monoisotopic (exact) mass is 500 g/mol. The number of urea groups is 1. The molecule has 8 heteroatoms. The lowest BCUT2D eigenvalue weighted by atomic mass is 10.1. The fraction of sp³-hybridized carbons (Fsp3) is 0.120. The van der Waals surface area contributed by atoms with Crippen molar-refractivity contribution >= 4 is 52.8 Å². The predicted octanol–water partition coefficient (Wildman–Crippen LogP) is 6.63. The SMILES string of the molecule is Cc1cccc(CN2C(=O)N/C(=C/c3cc(Cl)c(OCc4ccc(Cl)cc4)c(Cl)c3)C2=O)c1. The first-order chi connectivity index (χ1) is 15.8. The van der Waals surface area contributed by atoms with Gasteiger partial charge in [0.1, 0.15) is 12.3 Å². The largest absolute Gasteiger partial charge is 0.486 e. The van der Waals surface area contributed by atoms with Gasteiger partial charge >= 0.3 is 6.03 Å². The number of carbonyl (C=O) groups excluding carboxylic acids is 2. The molecule has 1 heterocycles. The number of benzene rings is 3. The molecule has 0 atom stereocenters. The van der Waals surface area contributed by atoms with Crippen molar-refractivity contribution < 1.29 is 14.3 Å². The van der Waals surface area contributed by atoms with Crippen molar-refractivity contribution in [1.29, 1.82) is 0 Å². The molecule has 0 saturated carbocycles. The van der Waals surface area contributed by atoms with Gasteiger partial charge in [-0.3, -0.25) is 9.69 Å². The van der Waals surface area contributed by atoms with Crippen LogP contribution in [0.15, 0.2) is 66.4 Å². The molecule has 0 bridgehead atoms. The number of imide groups is 1. The first kappa shape index (κ1) is 23.2. The molecule has 1 saturated heterocycles. The Morgan fingerprint density at radius 1 is 0.939 bits per heavy atom. The number of ether oxygens (including phenoxy) is 1. The fourth-order valence-corrected chi connectivity index (χ4v) is 4.15. The smallest absolute Gasteiger partial charge is 0.329 e. The van der Waals surface area contributed by atoms with E-state index in [1.54, 1.807) is 24.3 Å². The number of aryl methyl sites for hydroxylation is 1. The second-order valence-electron chi connectivity index (χ2n) is 7.60. The summed E-state index contributed by atoms with van der Waals surface area (Å²) >= 11 is 18.7. The summed E-state index contributed by atoms with van der Waals surface area (Å²) < 4.78 is 5.78. The van der Waals surface area contributed by atoms with Crippen LogP contribution in [0.4, 0.5) is 4.79 Å². The van der Waals surface area contributed by atoms with Crippen LogP contribution in [0, 0.1) is 6.92 Å². The first-order valence-corrected chi connectivity index (χ1v) is 11.2. The van der Waals surface area contributed by atoms with Gasteiger partial charge in [0.05, 0.1) is 16.6 Å². The summed E-state index contributed by atoms with van der Waals surface area (Å²) in [4.78, 5) is 26.3. The summed E-state index contributed by atoms with van der Waals surface area (Å²) in [6, 6.07) is 17.7. The Hall–Kier alpha value is -2.99. The molecule has 5 nitrogen and oxygen atoms in total. The molecule has 0 unspecified atom stereocenters. The van der Waals surface area contributed by atoms with E-state index in [9.17, 15) is 9.59 Å². The third-order valence-corrected chi connectivity index (χ3v) is 5.83. The molecule has 1 aliphatic rings. The molecular weight excluding hydrogens is 483 g/mol. The molecule has 3 aromatic rings. The van der Waals surface area contributed by atoms with Crippen molar-refractivity contribution in [2.75, 3.05) is 0 Å². The lowest BCUT2D eigenvalue weighted by molar-refractivity contribution is -0.123. The van der Waals surface area contributed by atoms with Gasteiger partial charge in [-0.1, -0.05) is 76.8 Å². The number of amides is 3. The minimum Gasteiger partial charge on any atom is -0.486 e. The summed E-state index contributed by atoms with van der Waals surface area (Å²) in [6.07, 6.45) is 1.54. The zero-order valence-electron chi connectivity index (χ0n) is 17.6. The van der Waals surface area contributed by atoms with E-state index >= 15 is 0 Å². The van der Waals surface area contributed by atoms with Gasteiger partial charge in [-0.15, -0.1) is 0 Å². The third-order valence-electron chi connectivity index (χ3n) is 5.01. The van der Waals surface area contributed by atoms with E-state index in [1.807, 2.05) is 43.3 Å². The van der Waals surface area contributed by atoms with Crippen molar-refractivity contribution in [2.45, 2.75) is 20.1 Å². The molecule has 0 radical (unpaired) electrons. The van der Waals surface area contributed by atoms with Crippen molar-refractivity contribution in [3.63, 3.8) is 0 Å². The molecule has 4 rings (SSSR count). The maximum atomic E-state index is 12.8. The normalized spacial score (nSPS) is 14.7. The predicted molar refractivity (Wildman–Crippen MR) is 130 cm³/mol. The van der Waals surface area contributed by atoms with E-state index < -0.39 is 11.9 Å². The lowest BCUT2D eigenvalue weighted by Gasteiger charge is -2.12. The maximum Gasteiger partial charge on any atom is 0.329 e. The Kier molecular flexibility index (Phi) is 6.94. The third kappa shape index (κ3) is 5.50. The second kappa shape index (κ2) is 9.87. The van der Waals surface area contributed by atoms with Crippen LogP contribution in [-0.2, 0) is 17.9 Å². The van der Waals surface area contributed by atoms with Crippen molar-refractivity contribution in [1.82, 2.24) is 10.2 Å². The van der Waals surface area contributed by atoms with Crippen LogP contribution in [0.1, 0.15) is 22.3 Å². The number of halogens is 3. The Morgan fingerprint density at radius 3 is 2.30 bits per heavy atom. The molecule has 0 aliphatic carbocycles. The van der Waals surface area contributed by atoms with E-state index in [0.717, 1.165) is 21.6 Å². The number of hydrogen-bond acceptors (Lipinski definition) is 3. The Balaban J connectivity index is 1.49. The van der Waals surface area contributed by atoms with Crippen LogP contribution < -0.4 is 10.1 Å². The minimum atomic E-state index is -0.479. The van der Waals surface area contributed by atoms with Gasteiger partial charge < -0.3 is 10.1 Å². The van der Waals surface area contributed by atoms with Gasteiger partial charge in [-0.2, -0.15) is 0 Å².